The van der Waals surface area contributed by atoms with Crippen LogP contribution in [0.15, 0.2) is 60.9 Å². The molecular formula is C12H15NaO5S. The third-order valence-corrected chi connectivity index (χ3v) is 2.71. The molecule has 0 aromatic heterocycles. The number of benzene rings is 1. The Balaban J connectivity index is -0.000000316. The SMILES string of the molecule is C=COC(C)=O.C=COS(=O)(=O)c1ccccc1.[H-].[Na+]. The molecule has 7 heteroatoms. The van der Waals surface area contributed by atoms with Crippen molar-refractivity contribution >= 4 is 16.1 Å². The predicted octanol–water partition coefficient (Wildman–Crippen LogP) is -0.655. The van der Waals surface area contributed by atoms with E-state index in [-0.39, 0.29) is 41.8 Å². The van der Waals surface area contributed by atoms with Crippen LogP contribution in [0.5, 0.6) is 0 Å². The van der Waals surface area contributed by atoms with Gasteiger partial charge in [-0.05, 0) is 12.1 Å². The van der Waals surface area contributed by atoms with Gasteiger partial charge in [0.05, 0.1) is 12.5 Å². The number of hydrogen-bond donors (Lipinski definition) is 0. The fraction of sp³-hybridized carbons (Fsp3) is 0.0833. The van der Waals surface area contributed by atoms with Gasteiger partial charge in [-0.25, -0.2) is 0 Å². The number of hydrogen-bond acceptors (Lipinski definition) is 5. The zero-order valence-electron chi connectivity index (χ0n) is 11.9. The minimum absolute atomic E-state index is 0. The van der Waals surface area contributed by atoms with Crippen LogP contribution in [0.3, 0.4) is 0 Å². The predicted molar refractivity (Wildman–Crippen MR) is 68.0 cm³/mol. The molecule has 0 saturated heterocycles. The van der Waals surface area contributed by atoms with Crippen LogP contribution in [0, 0.1) is 0 Å². The smallest absolute Gasteiger partial charge is 1.00 e. The molecule has 1 aromatic rings. The fourth-order valence-electron chi connectivity index (χ4n) is 0.850. The van der Waals surface area contributed by atoms with E-state index < -0.39 is 10.1 Å². The monoisotopic (exact) mass is 294 g/mol. The Hall–Kier alpha value is -1.08. The molecule has 0 unspecified atom stereocenters. The summed E-state index contributed by atoms with van der Waals surface area (Å²) in [4.78, 5) is 9.88. The van der Waals surface area contributed by atoms with Crippen molar-refractivity contribution in [2.24, 2.45) is 0 Å². The van der Waals surface area contributed by atoms with Gasteiger partial charge in [-0.15, -0.1) is 0 Å². The first kappa shape index (κ1) is 20.2. The van der Waals surface area contributed by atoms with Crippen molar-refractivity contribution in [2.75, 3.05) is 0 Å². The van der Waals surface area contributed by atoms with E-state index in [1.54, 1.807) is 18.2 Å². The molecule has 5 nitrogen and oxygen atoms in total. The van der Waals surface area contributed by atoms with Crippen molar-refractivity contribution in [3.05, 3.63) is 56.0 Å². The van der Waals surface area contributed by atoms with Crippen molar-refractivity contribution in [1.82, 2.24) is 0 Å². The molecule has 0 radical (unpaired) electrons. The zero-order chi connectivity index (χ0) is 14.0. The Morgan fingerprint density at radius 1 is 1.21 bits per heavy atom. The molecule has 1 aromatic carbocycles. The van der Waals surface area contributed by atoms with Crippen molar-refractivity contribution in [1.29, 1.82) is 0 Å². The van der Waals surface area contributed by atoms with E-state index in [0.29, 0.717) is 0 Å². The molecule has 0 atom stereocenters. The van der Waals surface area contributed by atoms with E-state index in [0.717, 1.165) is 12.5 Å². The van der Waals surface area contributed by atoms with Crippen molar-refractivity contribution < 1.29 is 53.1 Å². The maximum atomic E-state index is 11.1. The minimum Gasteiger partial charge on any atom is -1.00 e. The molecule has 0 saturated carbocycles. The molecule has 0 spiro atoms. The summed E-state index contributed by atoms with van der Waals surface area (Å²) in [5.74, 6) is -0.329. The molecule has 0 N–H and O–H groups in total. The standard InChI is InChI=1S/C8H8O3S.C4H6O2.Na.H/c1-2-11-12(9,10)8-6-4-3-5-7-8;1-3-6-4(2)5;;/h2-7H,1H2;3H,1H2,2H3;;/q;;+1;-1. The summed E-state index contributed by atoms with van der Waals surface area (Å²) in [6, 6.07) is 7.89. The van der Waals surface area contributed by atoms with Crippen LogP contribution >= 0.6 is 0 Å². The van der Waals surface area contributed by atoms with Gasteiger partial charge in [0.15, 0.2) is 0 Å². The van der Waals surface area contributed by atoms with Gasteiger partial charge in [0.25, 0.3) is 0 Å². The molecule has 0 amide bonds. The average molecular weight is 294 g/mol. The summed E-state index contributed by atoms with van der Waals surface area (Å²) >= 11 is 0. The van der Waals surface area contributed by atoms with E-state index in [9.17, 15) is 13.2 Å². The number of carbonyl (C=O) groups is 1. The van der Waals surface area contributed by atoms with Crippen molar-refractivity contribution in [2.45, 2.75) is 11.8 Å². The Morgan fingerprint density at radius 2 is 1.74 bits per heavy atom. The van der Waals surface area contributed by atoms with E-state index in [1.165, 1.54) is 19.1 Å². The molecule has 100 valence electrons. The van der Waals surface area contributed by atoms with Crippen molar-refractivity contribution in [3.8, 4) is 0 Å². The molecule has 1 rings (SSSR count). The third kappa shape index (κ3) is 9.49. The Bertz CT molecular complexity index is 502. The van der Waals surface area contributed by atoms with Gasteiger partial charge in [0.2, 0.25) is 0 Å². The van der Waals surface area contributed by atoms with E-state index in [4.69, 9.17) is 0 Å². The normalized spacial score (nSPS) is 8.89. The van der Waals surface area contributed by atoms with Crippen LogP contribution in [0.25, 0.3) is 0 Å². The second-order valence-electron chi connectivity index (χ2n) is 2.81. The molecule has 0 aliphatic heterocycles. The van der Waals surface area contributed by atoms with Crippen LogP contribution in [-0.2, 0) is 23.8 Å². The Labute approximate surface area is 136 Å². The van der Waals surface area contributed by atoms with Gasteiger partial charge in [-0.1, -0.05) is 31.4 Å². The quantitative estimate of drug-likeness (QED) is 0.319. The van der Waals surface area contributed by atoms with Gasteiger partial charge < -0.3 is 10.3 Å². The Kier molecular flexibility index (Phi) is 11.5. The first-order valence-corrected chi connectivity index (χ1v) is 6.22. The molecule has 0 fully saturated rings. The number of rotatable bonds is 4. The zero-order valence-corrected chi connectivity index (χ0v) is 13.7. The van der Waals surface area contributed by atoms with Gasteiger partial charge in [-0.2, -0.15) is 8.42 Å². The maximum Gasteiger partial charge on any atom is 1.00 e. The fourth-order valence-corrected chi connectivity index (χ4v) is 1.63. The Morgan fingerprint density at radius 3 is 2.05 bits per heavy atom. The first-order valence-electron chi connectivity index (χ1n) is 4.81. The number of ether oxygens (including phenoxy) is 1. The number of esters is 1. The van der Waals surface area contributed by atoms with Crippen LogP contribution in [-0.4, -0.2) is 14.4 Å². The largest absolute Gasteiger partial charge is 1.00 e. The van der Waals surface area contributed by atoms with Crippen molar-refractivity contribution in [3.63, 3.8) is 0 Å². The summed E-state index contributed by atoms with van der Waals surface area (Å²) in [5.41, 5.74) is 0. The summed E-state index contributed by atoms with van der Waals surface area (Å²) < 4.78 is 30.8. The van der Waals surface area contributed by atoms with Crippen LogP contribution in [0.1, 0.15) is 8.35 Å². The van der Waals surface area contributed by atoms with E-state index >= 15 is 0 Å². The second-order valence-corrected chi connectivity index (χ2v) is 4.38. The molecule has 19 heavy (non-hydrogen) atoms. The van der Waals surface area contributed by atoms with Gasteiger partial charge >= 0.3 is 45.6 Å². The second kappa shape index (κ2) is 10.8. The topological polar surface area (TPSA) is 69.7 Å². The van der Waals surface area contributed by atoms with Gasteiger partial charge in [0, 0.05) is 6.92 Å². The minimum atomic E-state index is -3.63. The van der Waals surface area contributed by atoms with Gasteiger partial charge in [0.1, 0.15) is 4.90 Å². The summed E-state index contributed by atoms with van der Waals surface area (Å²) in [5, 5.41) is 0. The van der Waals surface area contributed by atoms with Crippen LogP contribution in [0.4, 0.5) is 0 Å². The summed E-state index contributed by atoms with van der Waals surface area (Å²) in [6.45, 7) is 7.65. The van der Waals surface area contributed by atoms with Crippen LogP contribution in [0.2, 0.25) is 0 Å². The first-order chi connectivity index (χ1) is 8.44. The maximum absolute atomic E-state index is 11.1. The molecule has 0 aliphatic rings. The van der Waals surface area contributed by atoms with E-state index in [2.05, 4.69) is 22.1 Å². The molecule has 0 heterocycles. The summed E-state index contributed by atoms with van der Waals surface area (Å²) in [6.07, 6.45) is 1.99. The van der Waals surface area contributed by atoms with Crippen LogP contribution < -0.4 is 29.6 Å². The molecule has 0 bridgehead atoms. The van der Waals surface area contributed by atoms with E-state index in [1.807, 2.05) is 0 Å². The number of carbonyl (C=O) groups excluding carboxylic acids is 1. The van der Waals surface area contributed by atoms with Gasteiger partial charge in [-0.3, -0.25) is 4.79 Å². The average Bonchev–Trinajstić information content (AvgIpc) is 2.31. The molecular weight excluding hydrogens is 279 g/mol. The molecule has 0 aliphatic carbocycles. The summed E-state index contributed by atoms with van der Waals surface area (Å²) in [7, 11) is -3.63. The third-order valence-electron chi connectivity index (χ3n) is 1.48.